The Labute approximate surface area is 197 Å². The van der Waals surface area contributed by atoms with E-state index in [1.54, 1.807) is 6.20 Å². The van der Waals surface area contributed by atoms with Crippen LogP contribution in [0.25, 0.3) is 11.5 Å². The Hall–Kier alpha value is -3.73. The summed E-state index contributed by atoms with van der Waals surface area (Å²) in [7, 11) is -0.935. The lowest BCUT2D eigenvalue weighted by Crippen LogP contribution is -2.28. The number of nitrogens with one attached hydrogen (secondary N) is 2. The zero-order chi connectivity index (χ0) is 23.7. The van der Waals surface area contributed by atoms with Gasteiger partial charge in [-0.15, -0.1) is 10.2 Å². The van der Waals surface area contributed by atoms with Crippen molar-refractivity contribution in [3.05, 3.63) is 78.3 Å². The summed E-state index contributed by atoms with van der Waals surface area (Å²) in [5.74, 6) is 0.893. The normalized spacial score (nSPS) is 15.1. The van der Waals surface area contributed by atoms with E-state index in [-0.39, 0.29) is 12.6 Å². The second-order valence-electron chi connectivity index (χ2n) is 8.56. The minimum absolute atomic E-state index is 0.111. The van der Waals surface area contributed by atoms with E-state index in [1.165, 1.54) is 6.39 Å². The molecule has 4 aromatic rings. The van der Waals surface area contributed by atoms with Crippen molar-refractivity contribution in [1.82, 2.24) is 15.2 Å². The first kappa shape index (κ1) is 22.1. The van der Waals surface area contributed by atoms with Gasteiger partial charge in [-0.1, -0.05) is 36.4 Å². The Bertz CT molecular complexity index is 1280. The van der Waals surface area contributed by atoms with Crippen LogP contribution in [0, 0.1) is 0 Å². The SMILES string of the molecule is CC1(C)OB(O)c2ccc(Nc3cc(N[C@H](CO)c4ccccc4)c(-c4nnco4)cn3)cc21. The van der Waals surface area contributed by atoms with E-state index in [1.807, 2.05) is 68.4 Å². The van der Waals surface area contributed by atoms with Crippen LogP contribution in [0.2, 0.25) is 0 Å². The molecule has 1 aliphatic heterocycles. The fraction of sp³-hybridized carbons (Fsp3) is 0.208. The molecule has 0 amide bonds. The fourth-order valence-electron chi connectivity index (χ4n) is 4.14. The van der Waals surface area contributed by atoms with Gasteiger partial charge >= 0.3 is 7.12 Å². The lowest BCUT2D eigenvalue weighted by molar-refractivity contribution is 0.101. The predicted octanol–water partition coefficient (Wildman–Crippen LogP) is 2.97. The van der Waals surface area contributed by atoms with Crippen molar-refractivity contribution in [2.45, 2.75) is 25.5 Å². The molecule has 0 saturated heterocycles. The summed E-state index contributed by atoms with van der Waals surface area (Å²) in [6, 6.07) is 16.8. The van der Waals surface area contributed by atoms with Gasteiger partial charge in [0.25, 0.3) is 5.89 Å². The van der Waals surface area contributed by atoms with Gasteiger partial charge < -0.3 is 29.8 Å². The highest BCUT2D eigenvalue weighted by Crippen LogP contribution is 2.34. The van der Waals surface area contributed by atoms with Gasteiger partial charge in [0.2, 0.25) is 6.39 Å². The zero-order valence-electron chi connectivity index (χ0n) is 18.8. The van der Waals surface area contributed by atoms with Crippen molar-refractivity contribution in [1.29, 1.82) is 0 Å². The van der Waals surface area contributed by atoms with Crippen molar-refractivity contribution in [2.75, 3.05) is 17.2 Å². The second kappa shape index (κ2) is 8.90. The van der Waals surface area contributed by atoms with Gasteiger partial charge in [-0.2, -0.15) is 0 Å². The summed E-state index contributed by atoms with van der Waals surface area (Å²) in [6.07, 6.45) is 2.90. The smallest absolute Gasteiger partial charge is 0.423 e. The summed E-state index contributed by atoms with van der Waals surface area (Å²) in [5.41, 5.74) is 4.09. The average molecular weight is 457 g/mol. The molecule has 0 unspecified atom stereocenters. The van der Waals surface area contributed by atoms with Gasteiger partial charge in [-0.3, -0.25) is 0 Å². The molecule has 0 saturated carbocycles. The Morgan fingerprint density at radius 1 is 1.12 bits per heavy atom. The monoisotopic (exact) mass is 457 g/mol. The lowest BCUT2D eigenvalue weighted by Gasteiger charge is -2.21. The van der Waals surface area contributed by atoms with Crippen LogP contribution in [0.3, 0.4) is 0 Å². The van der Waals surface area contributed by atoms with Crippen LogP contribution in [0.1, 0.15) is 31.0 Å². The van der Waals surface area contributed by atoms with Crippen molar-refractivity contribution < 1.29 is 19.2 Å². The van der Waals surface area contributed by atoms with E-state index >= 15 is 0 Å². The maximum absolute atomic E-state index is 10.2. The Morgan fingerprint density at radius 2 is 1.94 bits per heavy atom. The van der Waals surface area contributed by atoms with Crippen LogP contribution >= 0.6 is 0 Å². The number of aliphatic hydroxyl groups excluding tert-OH is 1. The number of benzene rings is 2. The first-order valence-corrected chi connectivity index (χ1v) is 10.9. The Balaban J connectivity index is 1.48. The van der Waals surface area contributed by atoms with Gasteiger partial charge in [-0.25, -0.2) is 4.98 Å². The van der Waals surface area contributed by atoms with Gasteiger partial charge in [-0.05, 0) is 42.6 Å². The maximum Gasteiger partial charge on any atom is 0.492 e. The highest BCUT2D eigenvalue weighted by Gasteiger charge is 2.40. The standard InChI is InChI=1S/C24H24BN5O4/c1-24(2)18-10-16(8-9-19(18)25(32)34-24)28-22-11-20(17(12-26-22)23-30-27-14-33-23)29-21(13-31)15-6-4-3-5-7-15/h3-12,14,21,31-32H,13H2,1-2H3,(H2,26,28,29)/t21-/m1/s1. The quantitative estimate of drug-likeness (QED) is 0.310. The average Bonchev–Trinajstić information content (AvgIpc) is 3.44. The number of aliphatic hydroxyl groups is 1. The molecule has 3 heterocycles. The minimum atomic E-state index is -0.935. The van der Waals surface area contributed by atoms with E-state index < -0.39 is 12.7 Å². The second-order valence-corrected chi connectivity index (χ2v) is 8.56. The van der Waals surface area contributed by atoms with Crippen LogP contribution in [-0.2, 0) is 10.3 Å². The molecule has 4 N–H and O–H groups in total. The molecule has 2 aromatic carbocycles. The Kier molecular flexibility index (Phi) is 5.78. The summed E-state index contributed by atoms with van der Waals surface area (Å²) in [6.45, 7) is 3.73. The molecule has 1 aliphatic rings. The van der Waals surface area contributed by atoms with Gasteiger partial charge in [0.05, 0.1) is 29.5 Å². The molecule has 2 aromatic heterocycles. The molecule has 9 nitrogen and oxygen atoms in total. The lowest BCUT2D eigenvalue weighted by atomic mass is 9.78. The molecule has 0 bridgehead atoms. The van der Waals surface area contributed by atoms with Crippen LogP contribution in [0.5, 0.6) is 0 Å². The van der Waals surface area contributed by atoms with Crippen LogP contribution in [-0.4, -0.2) is 39.0 Å². The summed E-state index contributed by atoms with van der Waals surface area (Å²) < 4.78 is 11.1. The van der Waals surface area contributed by atoms with E-state index in [9.17, 15) is 10.1 Å². The first-order valence-electron chi connectivity index (χ1n) is 10.9. The molecule has 10 heteroatoms. The molecule has 0 spiro atoms. The first-order chi connectivity index (χ1) is 16.4. The molecule has 34 heavy (non-hydrogen) atoms. The van der Waals surface area contributed by atoms with Crippen molar-refractivity contribution in [3.63, 3.8) is 0 Å². The molecular weight excluding hydrogens is 433 g/mol. The van der Waals surface area contributed by atoms with E-state index in [0.717, 1.165) is 22.3 Å². The van der Waals surface area contributed by atoms with Crippen molar-refractivity contribution >= 4 is 29.8 Å². The summed E-state index contributed by atoms with van der Waals surface area (Å²) >= 11 is 0. The predicted molar refractivity (Wildman–Crippen MR) is 129 cm³/mol. The number of aromatic nitrogens is 3. The molecule has 0 fully saturated rings. The zero-order valence-corrected chi connectivity index (χ0v) is 18.8. The Morgan fingerprint density at radius 3 is 2.68 bits per heavy atom. The number of rotatable bonds is 7. The summed E-state index contributed by atoms with van der Waals surface area (Å²) in [5, 5.41) is 34.7. The molecule has 1 atom stereocenters. The number of hydrogen-bond acceptors (Lipinski definition) is 9. The third-order valence-corrected chi connectivity index (χ3v) is 5.86. The summed E-state index contributed by atoms with van der Waals surface area (Å²) in [4.78, 5) is 4.52. The van der Waals surface area contributed by atoms with E-state index in [4.69, 9.17) is 9.07 Å². The van der Waals surface area contributed by atoms with Gasteiger partial charge in [0.15, 0.2) is 0 Å². The maximum atomic E-state index is 10.2. The van der Waals surface area contributed by atoms with Gasteiger partial charge in [0, 0.05) is 18.0 Å². The fourth-order valence-corrected chi connectivity index (χ4v) is 4.14. The topological polar surface area (TPSA) is 126 Å². The molecule has 5 rings (SSSR count). The number of hydrogen-bond donors (Lipinski definition) is 4. The van der Waals surface area contributed by atoms with Crippen molar-refractivity contribution in [2.24, 2.45) is 0 Å². The molecule has 0 aliphatic carbocycles. The number of pyridine rings is 1. The number of fused-ring (bicyclic) bond motifs is 1. The minimum Gasteiger partial charge on any atom is -0.423 e. The van der Waals surface area contributed by atoms with Gasteiger partial charge in [0.1, 0.15) is 5.82 Å². The molecular formula is C24H24BN5O4. The third-order valence-electron chi connectivity index (χ3n) is 5.86. The van der Waals surface area contributed by atoms with E-state index in [0.29, 0.717) is 23.0 Å². The highest BCUT2D eigenvalue weighted by atomic mass is 16.5. The van der Waals surface area contributed by atoms with Crippen LogP contribution in [0.15, 0.2) is 71.6 Å². The number of nitrogens with zero attached hydrogens (tertiary/aromatic N) is 3. The van der Waals surface area contributed by atoms with Crippen molar-refractivity contribution in [3.8, 4) is 11.5 Å². The van der Waals surface area contributed by atoms with E-state index in [2.05, 4.69) is 25.8 Å². The van der Waals surface area contributed by atoms with Crippen LogP contribution in [0.4, 0.5) is 17.2 Å². The molecule has 172 valence electrons. The highest BCUT2D eigenvalue weighted by molar-refractivity contribution is 6.62. The van der Waals surface area contributed by atoms with Crippen LogP contribution < -0.4 is 16.1 Å². The molecule has 0 radical (unpaired) electrons. The number of anilines is 3. The largest absolute Gasteiger partial charge is 0.492 e. The third kappa shape index (κ3) is 4.26.